The van der Waals surface area contributed by atoms with Crippen LogP contribution in [-0.4, -0.2) is 54.8 Å². The number of hydrogen-bond acceptors (Lipinski definition) is 9. The number of nitrogens with two attached hydrogens (primary N) is 1. The highest BCUT2D eigenvalue weighted by Gasteiger charge is 2.31. The van der Waals surface area contributed by atoms with E-state index in [-0.39, 0.29) is 22.4 Å². The summed E-state index contributed by atoms with van der Waals surface area (Å²) in [4.78, 5) is 18.0. The first kappa shape index (κ1) is 26.5. The fraction of sp³-hybridized carbons (Fsp3) is 0.200. The van der Waals surface area contributed by atoms with Crippen LogP contribution in [0.15, 0.2) is 53.4 Å². The lowest BCUT2D eigenvalue weighted by Crippen LogP contribution is -2.35. The SMILES string of the molecule is COc1ccc(S(=O)(=O)N2CCc3nc(C(=O)Nc4ccccc4N)sc3C2)cc1.O=S(=O)(O)O. The first-order chi connectivity index (χ1) is 16.4. The van der Waals surface area contributed by atoms with Crippen LogP contribution in [0.3, 0.4) is 0 Å². The summed E-state index contributed by atoms with van der Waals surface area (Å²) in [5.41, 5.74) is 7.60. The van der Waals surface area contributed by atoms with Gasteiger partial charge in [0.25, 0.3) is 5.91 Å². The van der Waals surface area contributed by atoms with Gasteiger partial charge in [0.05, 0.1) is 35.6 Å². The zero-order valence-corrected chi connectivity index (χ0v) is 20.7. The number of rotatable bonds is 5. The normalized spacial score (nSPS) is 13.8. The zero-order valence-electron chi connectivity index (χ0n) is 18.3. The number of nitrogens with zero attached hydrogens (tertiary/aromatic N) is 2. The number of hydrogen-bond donors (Lipinski definition) is 4. The minimum Gasteiger partial charge on any atom is -0.497 e. The lowest BCUT2D eigenvalue weighted by atomic mass is 10.2. The van der Waals surface area contributed by atoms with E-state index in [0.29, 0.717) is 30.1 Å². The van der Waals surface area contributed by atoms with Crippen LogP contribution in [0.4, 0.5) is 11.4 Å². The van der Waals surface area contributed by atoms with E-state index in [1.165, 1.54) is 34.9 Å². The number of amides is 1. The van der Waals surface area contributed by atoms with Crippen LogP contribution in [0.5, 0.6) is 5.75 Å². The number of nitrogen functional groups attached to an aromatic ring is 1. The zero-order chi connectivity index (χ0) is 25.8. The molecule has 2 aromatic carbocycles. The molecular weight excluding hydrogens is 520 g/mol. The molecule has 15 heteroatoms. The second-order valence-electron chi connectivity index (χ2n) is 7.14. The Morgan fingerprint density at radius 3 is 2.34 bits per heavy atom. The van der Waals surface area contributed by atoms with Gasteiger partial charge in [0, 0.05) is 17.8 Å². The van der Waals surface area contributed by atoms with Crippen LogP contribution >= 0.6 is 11.3 Å². The number of anilines is 2. The molecule has 5 N–H and O–H groups in total. The predicted molar refractivity (Wildman–Crippen MR) is 129 cm³/mol. The molecule has 12 nitrogen and oxygen atoms in total. The minimum atomic E-state index is -4.67. The van der Waals surface area contributed by atoms with Crippen molar-refractivity contribution in [1.29, 1.82) is 0 Å². The van der Waals surface area contributed by atoms with Crippen LogP contribution in [0.25, 0.3) is 0 Å². The van der Waals surface area contributed by atoms with Crippen molar-refractivity contribution in [2.45, 2.75) is 17.9 Å². The molecule has 0 fully saturated rings. The van der Waals surface area contributed by atoms with E-state index in [1.807, 2.05) is 0 Å². The van der Waals surface area contributed by atoms with Crippen molar-refractivity contribution >= 4 is 49.0 Å². The molecule has 0 unspecified atom stereocenters. The third-order valence-electron chi connectivity index (χ3n) is 4.80. The first-order valence-corrected chi connectivity index (χ1v) is 13.5. The number of thiazole rings is 1. The highest BCUT2D eigenvalue weighted by Crippen LogP contribution is 2.30. The maximum absolute atomic E-state index is 13.0. The van der Waals surface area contributed by atoms with Crippen LogP contribution < -0.4 is 15.8 Å². The van der Waals surface area contributed by atoms with Crippen LogP contribution in [0.2, 0.25) is 0 Å². The fourth-order valence-electron chi connectivity index (χ4n) is 3.16. The Bertz CT molecular complexity index is 1410. The molecule has 1 aliphatic rings. The molecule has 35 heavy (non-hydrogen) atoms. The maximum atomic E-state index is 13.0. The Morgan fingerprint density at radius 2 is 1.74 bits per heavy atom. The van der Waals surface area contributed by atoms with Crippen molar-refractivity contribution in [3.05, 3.63) is 64.1 Å². The molecule has 1 amide bonds. The Morgan fingerprint density at radius 1 is 1.11 bits per heavy atom. The van der Waals surface area contributed by atoms with Crippen molar-refractivity contribution in [2.75, 3.05) is 24.7 Å². The molecule has 0 atom stereocenters. The molecule has 3 aromatic rings. The molecule has 1 aliphatic heterocycles. The third-order valence-corrected chi connectivity index (χ3v) is 7.74. The molecular formula is C20H22N4O8S3. The van der Waals surface area contributed by atoms with E-state index in [0.717, 1.165) is 10.6 Å². The standard InChI is InChI=1S/C20H20N4O4S2.H2O4S/c1-28-13-6-8-14(9-7-13)30(26,27)24-11-10-17-18(12-24)29-20(23-17)19(25)22-16-5-3-2-4-15(16)21;1-5(2,3)4/h2-9H,10-12,21H2,1H3,(H,22,25);(H2,1,2,3,4). The quantitative estimate of drug-likeness (QED) is 0.274. The number of carbonyl (C=O) groups excluding carboxylic acids is 1. The summed E-state index contributed by atoms with van der Waals surface area (Å²) in [6.07, 6.45) is 0.446. The maximum Gasteiger partial charge on any atom is 0.394 e. The molecule has 2 heterocycles. The van der Waals surface area contributed by atoms with E-state index in [2.05, 4.69) is 10.3 Å². The largest absolute Gasteiger partial charge is 0.497 e. The van der Waals surface area contributed by atoms with Crippen molar-refractivity contribution < 1.29 is 35.5 Å². The van der Waals surface area contributed by atoms with E-state index in [4.69, 9.17) is 28.0 Å². The van der Waals surface area contributed by atoms with E-state index in [9.17, 15) is 13.2 Å². The van der Waals surface area contributed by atoms with E-state index < -0.39 is 20.4 Å². The monoisotopic (exact) mass is 542 g/mol. The van der Waals surface area contributed by atoms with Gasteiger partial charge in [-0.2, -0.15) is 12.7 Å². The smallest absolute Gasteiger partial charge is 0.394 e. The second-order valence-corrected chi connectivity index (χ2v) is 11.1. The Hall–Kier alpha value is -3.08. The lowest BCUT2D eigenvalue weighted by molar-refractivity contribution is 0.102. The number of fused-ring (bicyclic) bond motifs is 1. The molecule has 0 saturated heterocycles. The van der Waals surface area contributed by atoms with Gasteiger partial charge >= 0.3 is 10.4 Å². The number of nitrogens with one attached hydrogen (secondary N) is 1. The number of methoxy groups -OCH3 is 1. The van der Waals surface area contributed by atoms with Crippen LogP contribution in [0.1, 0.15) is 20.4 Å². The summed E-state index contributed by atoms with van der Waals surface area (Å²) in [7, 11) is -6.79. The summed E-state index contributed by atoms with van der Waals surface area (Å²) < 4.78 is 64.1. The number of para-hydroxylation sites is 2. The Balaban J connectivity index is 0.000000623. The fourth-order valence-corrected chi connectivity index (χ4v) is 5.67. The Labute approximate surface area is 206 Å². The second kappa shape index (κ2) is 10.7. The summed E-state index contributed by atoms with van der Waals surface area (Å²) in [5.74, 6) is 0.226. The first-order valence-electron chi connectivity index (χ1n) is 9.87. The van der Waals surface area contributed by atoms with E-state index in [1.54, 1.807) is 36.4 Å². The molecule has 0 spiro atoms. The van der Waals surface area contributed by atoms with Gasteiger partial charge in [-0.1, -0.05) is 12.1 Å². The van der Waals surface area contributed by atoms with Gasteiger partial charge < -0.3 is 15.8 Å². The van der Waals surface area contributed by atoms with Gasteiger partial charge in [-0.15, -0.1) is 11.3 Å². The van der Waals surface area contributed by atoms with Crippen molar-refractivity contribution in [2.24, 2.45) is 0 Å². The molecule has 1 aromatic heterocycles. The van der Waals surface area contributed by atoms with Gasteiger partial charge in [-0.05, 0) is 36.4 Å². The molecule has 188 valence electrons. The van der Waals surface area contributed by atoms with Crippen molar-refractivity contribution in [1.82, 2.24) is 9.29 Å². The van der Waals surface area contributed by atoms with Gasteiger partial charge in [-0.3, -0.25) is 13.9 Å². The molecule has 0 saturated carbocycles. The average molecular weight is 543 g/mol. The lowest BCUT2D eigenvalue weighted by Gasteiger charge is -2.25. The summed E-state index contributed by atoms with van der Waals surface area (Å²) in [6.45, 7) is 0.486. The van der Waals surface area contributed by atoms with Crippen molar-refractivity contribution in [3.8, 4) is 5.75 Å². The number of ether oxygens (including phenoxy) is 1. The van der Waals surface area contributed by atoms with Gasteiger partial charge in [0.15, 0.2) is 5.01 Å². The van der Waals surface area contributed by atoms with Gasteiger partial charge in [0.1, 0.15) is 5.75 Å². The molecule has 0 aliphatic carbocycles. The highest BCUT2D eigenvalue weighted by atomic mass is 32.3. The number of sulfonamides is 1. The summed E-state index contributed by atoms with van der Waals surface area (Å²) >= 11 is 1.20. The van der Waals surface area contributed by atoms with Crippen LogP contribution in [0, 0.1) is 0 Å². The highest BCUT2D eigenvalue weighted by molar-refractivity contribution is 7.89. The summed E-state index contributed by atoms with van der Waals surface area (Å²) in [5, 5.41) is 3.04. The Kier molecular flexibility index (Phi) is 8.09. The van der Waals surface area contributed by atoms with Gasteiger partial charge in [-0.25, -0.2) is 13.4 Å². The van der Waals surface area contributed by atoms with Gasteiger partial charge in [0.2, 0.25) is 10.0 Å². The topological polar surface area (TPSA) is 189 Å². The number of aromatic nitrogens is 1. The van der Waals surface area contributed by atoms with Crippen LogP contribution in [-0.2, 0) is 33.4 Å². The molecule has 0 bridgehead atoms. The number of carbonyl (C=O) groups is 1. The van der Waals surface area contributed by atoms with Crippen molar-refractivity contribution in [3.63, 3.8) is 0 Å². The summed E-state index contributed by atoms with van der Waals surface area (Å²) in [6, 6.07) is 13.3. The number of benzene rings is 2. The minimum absolute atomic E-state index is 0.183. The van der Waals surface area contributed by atoms with E-state index >= 15 is 0 Å². The molecule has 4 rings (SSSR count). The average Bonchev–Trinajstić information content (AvgIpc) is 3.23. The third kappa shape index (κ3) is 6.97. The predicted octanol–water partition coefficient (Wildman–Crippen LogP) is 2.08. The molecule has 0 radical (unpaired) electrons.